The van der Waals surface area contributed by atoms with E-state index < -0.39 is 0 Å². The van der Waals surface area contributed by atoms with Crippen LogP contribution in [0.5, 0.6) is 0 Å². The Labute approximate surface area is 113 Å². The van der Waals surface area contributed by atoms with Crippen molar-refractivity contribution in [3.8, 4) is 0 Å². The number of ether oxygens (including phenoxy) is 1. The SMILES string of the molecule is CCc1nnsc1C(=O)NCCC(Br)COC. The van der Waals surface area contributed by atoms with Gasteiger partial charge in [-0.25, -0.2) is 0 Å². The molecular formula is C10H16BrN3O2S. The lowest BCUT2D eigenvalue weighted by atomic mass is 10.2. The van der Waals surface area contributed by atoms with Crippen molar-refractivity contribution in [1.29, 1.82) is 0 Å². The molecule has 1 aromatic rings. The number of carbonyl (C=O) groups is 1. The molecule has 17 heavy (non-hydrogen) atoms. The van der Waals surface area contributed by atoms with Crippen LogP contribution in [0.3, 0.4) is 0 Å². The molecule has 0 radical (unpaired) electrons. The molecule has 7 heteroatoms. The Morgan fingerprint density at radius 1 is 1.65 bits per heavy atom. The van der Waals surface area contributed by atoms with Crippen molar-refractivity contribution in [2.75, 3.05) is 20.3 Å². The standard InChI is InChI=1S/C10H16BrN3O2S/c1-3-8-9(17-14-13-8)10(15)12-5-4-7(11)6-16-2/h7H,3-6H2,1-2H3,(H,12,15). The van der Waals surface area contributed by atoms with Crippen molar-refractivity contribution in [2.24, 2.45) is 0 Å². The van der Waals surface area contributed by atoms with Crippen molar-refractivity contribution in [3.63, 3.8) is 0 Å². The smallest absolute Gasteiger partial charge is 0.264 e. The average molecular weight is 322 g/mol. The number of hydrogen-bond acceptors (Lipinski definition) is 5. The van der Waals surface area contributed by atoms with Gasteiger partial charge < -0.3 is 10.1 Å². The topological polar surface area (TPSA) is 64.1 Å². The zero-order valence-electron chi connectivity index (χ0n) is 9.90. The molecular weight excluding hydrogens is 306 g/mol. The van der Waals surface area contributed by atoms with E-state index in [2.05, 4.69) is 30.8 Å². The third-order valence-electron chi connectivity index (χ3n) is 2.19. The predicted octanol–water partition coefficient (Wildman–Crippen LogP) is 1.63. The molecule has 96 valence electrons. The second-order valence-corrected chi connectivity index (χ2v) is 5.55. The molecule has 1 aromatic heterocycles. The number of amides is 1. The van der Waals surface area contributed by atoms with Gasteiger partial charge in [-0.1, -0.05) is 27.3 Å². The minimum Gasteiger partial charge on any atom is -0.384 e. The molecule has 0 aliphatic heterocycles. The monoisotopic (exact) mass is 321 g/mol. The van der Waals surface area contributed by atoms with E-state index in [1.165, 1.54) is 0 Å². The average Bonchev–Trinajstić information content (AvgIpc) is 2.77. The number of carbonyl (C=O) groups excluding carboxylic acids is 1. The van der Waals surface area contributed by atoms with Gasteiger partial charge in [0.25, 0.3) is 5.91 Å². The van der Waals surface area contributed by atoms with Crippen molar-refractivity contribution in [2.45, 2.75) is 24.6 Å². The highest BCUT2D eigenvalue weighted by molar-refractivity contribution is 9.09. The first kappa shape index (κ1) is 14.5. The summed E-state index contributed by atoms with van der Waals surface area (Å²) >= 11 is 4.61. The third-order valence-corrected chi connectivity index (χ3v) is 3.68. The van der Waals surface area contributed by atoms with Gasteiger partial charge in [-0.2, -0.15) is 0 Å². The highest BCUT2D eigenvalue weighted by Gasteiger charge is 2.14. The Balaban J connectivity index is 2.35. The van der Waals surface area contributed by atoms with Crippen LogP contribution in [0.2, 0.25) is 0 Å². The lowest BCUT2D eigenvalue weighted by Crippen LogP contribution is -2.27. The molecule has 0 aromatic carbocycles. The van der Waals surface area contributed by atoms with E-state index in [0.29, 0.717) is 18.0 Å². The summed E-state index contributed by atoms with van der Waals surface area (Å²) in [4.78, 5) is 12.7. The number of alkyl halides is 1. The Hall–Kier alpha value is -0.530. The van der Waals surface area contributed by atoms with E-state index in [4.69, 9.17) is 4.74 Å². The van der Waals surface area contributed by atoms with Gasteiger partial charge in [-0.3, -0.25) is 4.79 Å². The van der Waals surface area contributed by atoms with E-state index in [-0.39, 0.29) is 10.7 Å². The van der Waals surface area contributed by atoms with Crippen LogP contribution in [-0.2, 0) is 11.2 Å². The van der Waals surface area contributed by atoms with Crippen LogP contribution in [-0.4, -0.2) is 40.6 Å². The maximum Gasteiger partial charge on any atom is 0.264 e. The Morgan fingerprint density at radius 2 is 2.41 bits per heavy atom. The van der Waals surface area contributed by atoms with E-state index in [1.807, 2.05) is 6.92 Å². The minimum absolute atomic E-state index is 0.0889. The first-order valence-electron chi connectivity index (χ1n) is 5.41. The van der Waals surface area contributed by atoms with Crippen LogP contribution in [0.1, 0.15) is 28.7 Å². The van der Waals surface area contributed by atoms with Gasteiger partial charge in [0, 0.05) is 18.5 Å². The third kappa shape index (κ3) is 4.69. The number of rotatable bonds is 7. The number of methoxy groups -OCH3 is 1. The molecule has 1 N–H and O–H groups in total. The molecule has 0 saturated carbocycles. The van der Waals surface area contributed by atoms with E-state index in [0.717, 1.165) is 30.1 Å². The Bertz CT molecular complexity index is 359. The zero-order chi connectivity index (χ0) is 12.7. The van der Waals surface area contributed by atoms with E-state index in [1.54, 1.807) is 7.11 Å². The molecule has 1 unspecified atom stereocenters. The van der Waals surface area contributed by atoms with Crippen LogP contribution in [0.25, 0.3) is 0 Å². The van der Waals surface area contributed by atoms with Gasteiger partial charge in [0.2, 0.25) is 0 Å². The molecule has 0 saturated heterocycles. The molecule has 5 nitrogen and oxygen atoms in total. The zero-order valence-corrected chi connectivity index (χ0v) is 12.3. The number of aromatic nitrogens is 2. The predicted molar refractivity (Wildman–Crippen MR) is 70.8 cm³/mol. The lowest BCUT2D eigenvalue weighted by Gasteiger charge is -2.08. The number of halogens is 1. The van der Waals surface area contributed by atoms with Crippen molar-refractivity contribution < 1.29 is 9.53 Å². The summed E-state index contributed by atoms with van der Waals surface area (Å²) in [5, 5.41) is 6.76. The van der Waals surface area contributed by atoms with E-state index >= 15 is 0 Å². The van der Waals surface area contributed by atoms with Gasteiger partial charge in [0.1, 0.15) is 4.88 Å². The summed E-state index contributed by atoms with van der Waals surface area (Å²) in [5.74, 6) is -0.0889. The quantitative estimate of drug-likeness (QED) is 0.775. The van der Waals surface area contributed by atoms with Gasteiger partial charge in [0.15, 0.2) is 0 Å². The molecule has 0 bridgehead atoms. The molecule has 0 aliphatic rings. The number of nitrogens with zero attached hydrogens (tertiary/aromatic N) is 2. The normalized spacial score (nSPS) is 12.4. The molecule has 1 heterocycles. The van der Waals surface area contributed by atoms with Crippen LogP contribution in [0, 0.1) is 0 Å². The largest absolute Gasteiger partial charge is 0.384 e. The van der Waals surface area contributed by atoms with Crippen LogP contribution in [0.15, 0.2) is 0 Å². The summed E-state index contributed by atoms with van der Waals surface area (Å²) < 4.78 is 8.78. The molecule has 1 rings (SSSR count). The summed E-state index contributed by atoms with van der Waals surface area (Å²) in [6, 6.07) is 0. The van der Waals surface area contributed by atoms with Crippen molar-refractivity contribution >= 4 is 33.4 Å². The van der Waals surface area contributed by atoms with Crippen LogP contribution < -0.4 is 5.32 Å². The van der Waals surface area contributed by atoms with Gasteiger partial charge in [-0.05, 0) is 24.4 Å². The molecule has 0 fully saturated rings. The van der Waals surface area contributed by atoms with Crippen LogP contribution >= 0.6 is 27.5 Å². The first-order valence-corrected chi connectivity index (χ1v) is 7.10. The summed E-state index contributed by atoms with van der Waals surface area (Å²) in [6.07, 6.45) is 1.55. The fourth-order valence-electron chi connectivity index (χ4n) is 1.30. The number of hydrogen-bond donors (Lipinski definition) is 1. The second kappa shape index (κ2) is 7.73. The maximum atomic E-state index is 11.8. The summed E-state index contributed by atoms with van der Waals surface area (Å²) in [5.41, 5.74) is 0.764. The minimum atomic E-state index is -0.0889. The summed E-state index contributed by atoms with van der Waals surface area (Å²) in [7, 11) is 1.66. The molecule has 0 spiro atoms. The fraction of sp³-hybridized carbons (Fsp3) is 0.700. The first-order chi connectivity index (χ1) is 8.19. The van der Waals surface area contributed by atoms with Gasteiger partial charge in [-0.15, -0.1) is 5.10 Å². The summed E-state index contributed by atoms with van der Waals surface area (Å²) in [6.45, 7) is 3.21. The van der Waals surface area contributed by atoms with Crippen molar-refractivity contribution in [3.05, 3.63) is 10.6 Å². The van der Waals surface area contributed by atoms with Gasteiger partial charge in [0.05, 0.1) is 12.3 Å². The van der Waals surface area contributed by atoms with Gasteiger partial charge >= 0.3 is 0 Å². The number of aryl methyl sites for hydroxylation is 1. The number of nitrogens with one attached hydrogen (secondary N) is 1. The highest BCUT2D eigenvalue weighted by atomic mass is 79.9. The molecule has 1 atom stereocenters. The van der Waals surface area contributed by atoms with Crippen LogP contribution in [0.4, 0.5) is 0 Å². The Morgan fingerprint density at radius 3 is 3.06 bits per heavy atom. The molecule has 0 aliphatic carbocycles. The van der Waals surface area contributed by atoms with E-state index in [9.17, 15) is 4.79 Å². The molecule has 1 amide bonds. The maximum absolute atomic E-state index is 11.8. The highest BCUT2D eigenvalue weighted by Crippen LogP contribution is 2.11. The Kier molecular flexibility index (Phi) is 6.61. The fourth-order valence-corrected chi connectivity index (χ4v) is 2.46. The van der Waals surface area contributed by atoms with Crippen molar-refractivity contribution in [1.82, 2.24) is 14.9 Å². The second-order valence-electron chi connectivity index (χ2n) is 3.50. The lowest BCUT2D eigenvalue weighted by molar-refractivity contribution is 0.0955.